The van der Waals surface area contributed by atoms with Crippen LogP contribution in [0.2, 0.25) is 0 Å². The second kappa shape index (κ2) is 8.48. The molecule has 0 radical (unpaired) electrons. The number of fused-ring (bicyclic) bond motifs is 2. The van der Waals surface area contributed by atoms with Crippen LogP contribution < -0.4 is 15.4 Å². The number of halogens is 2. The van der Waals surface area contributed by atoms with E-state index < -0.39 is 29.4 Å². The predicted octanol–water partition coefficient (Wildman–Crippen LogP) is 4.74. The van der Waals surface area contributed by atoms with E-state index in [0.717, 1.165) is 4.47 Å². The molecule has 0 unspecified atom stereocenters. The lowest BCUT2D eigenvalue weighted by Crippen LogP contribution is -2.54. The number of para-hydroxylation sites is 1. The van der Waals surface area contributed by atoms with Gasteiger partial charge in [0.05, 0.1) is 5.92 Å². The van der Waals surface area contributed by atoms with Gasteiger partial charge in [0.15, 0.2) is 5.54 Å². The van der Waals surface area contributed by atoms with E-state index in [9.17, 15) is 19.3 Å². The quantitative estimate of drug-likeness (QED) is 0.370. The monoisotopic (exact) mass is 525 g/mol. The minimum absolute atomic E-state index is 0.0957. The van der Waals surface area contributed by atoms with E-state index in [-0.39, 0.29) is 17.3 Å². The molecule has 0 aromatic heterocycles. The number of hydrogen-bond acceptors (Lipinski definition) is 5. The largest absolute Gasteiger partial charge is 0.489 e. The highest BCUT2D eigenvalue weighted by atomic mass is 79.9. The van der Waals surface area contributed by atoms with Crippen LogP contribution in [0.5, 0.6) is 5.75 Å². The molecule has 2 aliphatic heterocycles. The number of hydrogen-bond donors (Lipinski definition) is 2. The van der Waals surface area contributed by atoms with Crippen LogP contribution in [0.25, 0.3) is 0 Å². The molecular formula is C25H21BrFN3O4. The third kappa shape index (κ3) is 3.56. The molecule has 0 saturated carbocycles. The first kappa shape index (κ1) is 22.5. The smallest absolute Gasteiger partial charge is 0.256 e. The Kier molecular flexibility index (Phi) is 5.61. The molecule has 0 aliphatic carbocycles. The first-order chi connectivity index (χ1) is 16.3. The van der Waals surface area contributed by atoms with Crippen LogP contribution in [-0.2, 0) is 16.9 Å². The van der Waals surface area contributed by atoms with Crippen molar-refractivity contribution >= 4 is 27.5 Å². The maximum absolute atomic E-state index is 13.6. The number of nitrogens with zero attached hydrogens (tertiary/aromatic N) is 1. The van der Waals surface area contributed by atoms with E-state index in [1.807, 2.05) is 6.92 Å². The second-order valence-corrected chi connectivity index (χ2v) is 9.51. The molecule has 1 spiro atoms. The van der Waals surface area contributed by atoms with Crippen molar-refractivity contribution in [1.82, 2.24) is 5.32 Å². The molecule has 1 saturated heterocycles. The minimum atomic E-state index is -1.51. The standard InChI is InChI=1S/C25H21BrFN3O4/c1-14-22(18-12-16(26)9-10-21(18)34-13-15-5-4-6-17(27)11-15)23(30(32)33)25(29-14)19-7-2-3-8-20(19)28-24(25)31/h2-12,14,22-23,29H,13H2,1H3,(H,28,31)/t14-,22-,23+,25-/m0/s1. The zero-order chi connectivity index (χ0) is 24.0. The van der Waals surface area contributed by atoms with E-state index >= 15 is 0 Å². The highest BCUT2D eigenvalue weighted by molar-refractivity contribution is 9.10. The molecule has 3 aromatic rings. The van der Waals surface area contributed by atoms with Gasteiger partial charge in [0, 0.05) is 32.3 Å². The Balaban J connectivity index is 1.58. The Labute approximate surface area is 203 Å². The number of rotatable bonds is 5. The van der Waals surface area contributed by atoms with Crippen LogP contribution in [0.15, 0.2) is 71.2 Å². The second-order valence-electron chi connectivity index (χ2n) is 8.60. The number of nitrogens with one attached hydrogen (secondary N) is 2. The van der Waals surface area contributed by atoms with Gasteiger partial charge in [-0.2, -0.15) is 0 Å². The summed E-state index contributed by atoms with van der Waals surface area (Å²) in [6.45, 7) is 1.93. The minimum Gasteiger partial charge on any atom is -0.489 e. The summed E-state index contributed by atoms with van der Waals surface area (Å²) in [6, 6.07) is 16.7. The van der Waals surface area contributed by atoms with Crippen LogP contribution >= 0.6 is 15.9 Å². The van der Waals surface area contributed by atoms with Gasteiger partial charge in [-0.1, -0.05) is 46.3 Å². The number of benzene rings is 3. The molecule has 2 aliphatic rings. The number of carbonyl (C=O) groups excluding carboxylic acids is 1. The van der Waals surface area contributed by atoms with Gasteiger partial charge in [-0.15, -0.1) is 0 Å². The van der Waals surface area contributed by atoms with Crippen LogP contribution in [-0.4, -0.2) is 22.9 Å². The van der Waals surface area contributed by atoms with Gasteiger partial charge in [-0.25, -0.2) is 4.39 Å². The first-order valence-corrected chi connectivity index (χ1v) is 11.6. The number of amides is 1. The molecule has 174 valence electrons. The van der Waals surface area contributed by atoms with Gasteiger partial charge in [0.1, 0.15) is 18.2 Å². The Morgan fingerprint density at radius 2 is 1.94 bits per heavy atom. The summed E-state index contributed by atoms with van der Waals surface area (Å²) >= 11 is 3.46. The molecule has 2 N–H and O–H groups in total. The molecule has 5 rings (SSSR count). The van der Waals surface area contributed by atoms with E-state index in [4.69, 9.17) is 4.74 Å². The zero-order valence-corrected chi connectivity index (χ0v) is 19.7. The molecule has 1 amide bonds. The fourth-order valence-electron chi connectivity index (χ4n) is 5.22. The molecule has 2 heterocycles. The van der Waals surface area contributed by atoms with Gasteiger partial charge >= 0.3 is 0 Å². The molecule has 0 bridgehead atoms. The highest BCUT2D eigenvalue weighted by Crippen LogP contribution is 2.51. The summed E-state index contributed by atoms with van der Waals surface area (Å²) in [5.74, 6) is -1.04. The number of carbonyl (C=O) groups is 1. The fraction of sp³-hybridized carbons (Fsp3) is 0.240. The highest BCUT2D eigenvalue weighted by Gasteiger charge is 2.68. The summed E-state index contributed by atoms with van der Waals surface area (Å²) in [4.78, 5) is 25.4. The third-order valence-corrected chi connectivity index (χ3v) is 7.07. The van der Waals surface area contributed by atoms with Gasteiger partial charge in [-0.3, -0.25) is 20.2 Å². The van der Waals surface area contributed by atoms with Crippen molar-refractivity contribution in [3.8, 4) is 5.75 Å². The molecule has 1 fully saturated rings. The summed E-state index contributed by atoms with van der Waals surface area (Å²) in [5.41, 5.74) is 0.857. The van der Waals surface area contributed by atoms with Crippen molar-refractivity contribution in [2.24, 2.45) is 0 Å². The SMILES string of the molecule is C[C@@H]1N[C@]2(C(=O)Nc3ccccc32)[C@H]([N+](=O)[O-])[C@@H]1c1cc(Br)ccc1OCc1cccc(F)c1. The average molecular weight is 526 g/mol. The lowest BCUT2D eigenvalue weighted by Gasteiger charge is -2.26. The number of ether oxygens (including phenoxy) is 1. The lowest BCUT2D eigenvalue weighted by molar-refractivity contribution is -0.532. The summed E-state index contributed by atoms with van der Waals surface area (Å²) < 4.78 is 20.4. The van der Waals surface area contributed by atoms with Gasteiger partial charge in [-0.05, 0) is 48.9 Å². The topological polar surface area (TPSA) is 93.5 Å². The lowest BCUT2D eigenvalue weighted by atomic mass is 9.78. The van der Waals surface area contributed by atoms with Crippen LogP contribution in [0, 0.1) is 15.9 Å². The zero-order valence-electron chi connectivity index (χ0n) is 18.1. The van der Waals surface area contributed by atoms with Gasteiger partial charge < -0.3 is 10.1 Å². The maximum Gasteiger partial charge on any atom is 0.256 e. The molecule has 9 heteroatoms. The van der Waals surface area contributed by atoms with Crippen molar-refractivity contribution in [1.29, 1.82) is 0 Å². The van der Waals surface area contributed by atoms with Crippen molar-refractivity contribution < 1.29 is 18.8 Å². The summed E-state index contributed by atoms with van der Waals surface area (Å²) in [5, 5.41) is 18.6. The molecular weight excluding hydrogens is 505 g/mol. The normalized spacial score (nSPS) is 25.3. The average Bonchev–Trinajstić information content (AvgIpc) is 3.26. The van der Waals surface area contributed by atoms with Crippen LogP contribution in [0.4, 0.5) is 10.1 Å². The van der Waals surface area contributed by atoms with Crippen molar-refractivity contribution in [2.75, 3.05) is 5.32 Å². The van der Waals surface area contributed by atoms with E-state index in [1.165, 1.54) is 12.1 Å². The Morgan fingerprint density at radius 3 is 2.71 bits per heavy atom. The van der Waals surface area contributed by atoms with Crippen LogP contribution in [0.1, 0.15) is 29.5 Å². The number of anilines is 1. The summed E-state index contributed by atoms with van der Waals surface area (Å²) in [7, 11) is 0. The van der Waals surface area contributed by atoms with E-state index in [2.05, 4.69) is 26.6 Å². The summed E-state index contributed by atoms with van der Waals surface area (Å²) in [6.07, 6.45) is 0. The van der Waals surface area contributed by atoms with Crippen LogP contribution in [0.3, 0.4) is 0 Å². The van der Waals surface area contributed by atoms with Crippen molar-refractivity contribution in [3.63, 3.8) is 0 Å². The van der Waals surface area contributed by atoms with Gasteiger partial charge in [0.25, 0.3) is 11.9 Å². The molecule has 3 aromatic carbocycles. The Morgan fingerprint density at radius 1 is 1.15 bits per heavy atom. The molecule has 4 atom stereocenters. The molecule has 34 heavy (non-hydrogen) atoms. The van der Waals surface area contributed by atoms with E-state index in [0.29, 0.717) is 28.1 Å². The maximum atomic E-state index is 13.6. The predicted molar refractivity (Wildman–Crippen MR) is 128 cm³/mol. The number of nitro groups is 1. The van der Waals surface area contributed by atoms with Crippen molar-refractivity contribution in [3.05, 3.63) is 104 Å². The molecule has 7 nitrogen and oxygen atoms in total. The third-order valence-electron chi connectivity index (χ3n) is 6.58. The van der Waals surface area contributed by atoms with Crippen molar-refractivity contribution in [2.45, 2.75) is 37.1 Å². The fourth-order valence-corrected chi connectivity index (χ4v) is 5.60. The van der Waals surface area contributed by atoms with E-state index in [1.54, 1.807) is 54.6 Å². The van der Waals surface area contributed by atoms with Gasteiger partial charge in [0.2, 0.25) is 0 Å². The Hall–Kier alpha value is -3.30. The first-order valence-electron chi connectivity index (χ1n) is 10.8. The Bertz CT molecular complexity index is 1300.